The monoisotopic (exact) mass is 275 g/mol. The molecule has 0 N–H and O–H groups in total. The Kier molecular flexibility index (Phi) is 2.90. The van der Waals surface area contributed by atoms with Crippen LogP contribution in [0.3, 0.4) is 0 Å². The quantitative estimate of drug-likeness (QED) is 0.732. The summed E-state index contributed by atoms with van der Waals surface area (Å²) in [7, 11) is 1.93. The summed E-state index contributed by atoms with van der Waals surface area (Å²) in [4.78, 5) is 9.31. The number of aryl methyl sites for hydroxylation is 2. The fourth-order valence-electron chi connectivity index (χ4n) is 1.98. The number of nitrogens with zero attached hydrogens (tertiary/aromatic N) is 5. The smallest absolute Gasteiger partial charge is 0.231 e. The van der Waals surface area contributed by atoms with E-state index in [2.05, 4.69) is 20.2 Å². The van der Waals surface area contributed by atoms with Gasteiger partial charge >= 0.3 is 0 Å². The molecule has 0 atom stereocenters. The van der Waals surface area contributed by atoms with E-state index in [-0.39, 0.29) is 0 Å². The van der Waals surface area contributed by atoms with Gasteiger partial charge in [-0.05, 0) is 13.8 Å². The molecule has 0 spiro atoms. The van der Waals surface area contributed by atoms with Gasteiger partial charge in [0, 0.05) is 24.5 Å². The zero-order chi connectivity index (χ0) is 13.4. The molecule has 0 aliphatic carbocycles. The minimum absolute atomic E-state index is 0.594. The van der Waals surface area contributed by atoms with E-state index in [0.717, 1.165) is 21.8 Å². The van der Waals surface area contributed by atoms with Gasteiger partial charge in [0.15, 0.2) is 0 Å². The normalized spacial score (nSPS) is 11.1. The van der Waals surface area contributed by atoms with Gasteiger partial charge in [-0.25, -0.2) is 0 Å². The van der Waals surface area contributed by atoms with Gasteiger partial charge in [0.25, 0.3) is 0 Å². The van der Waals surface area contributed by atoms with Crippen LogP contribution in [0.4, 0.5) is 0 Å². The molecular formula is C12H13N5OS. The molecule has 0 saturated carbocycles. The van der Waals surface area contributed by atoms with Crippen molar-refractivity contribution < 1.29 is 4.52 Å². The third kappa shape index (κ3) is 2.17. The maximum absolute atomic E-state index is 5.29. The first-order valence-corrected chi connectivity index (χ1v) is 6.73. The molecule has 0 aromatic carbocycles. The molecule has 0 aliphatic heterocycles. The van der Waals surface area contributed by atoms with Crippen LogP contribution in [0.1, 0.15) is 22.8 Å². The molecule has 98 valence electrons. The van der Waals surface area contributed by atoms with E-state index < -0.39 is 0 Å². The van der Waals surface area contributed by atoms with Crippen LogP contribution in [-0.2, 0) is 13.5 Å². The molecule has 0 radical (unpaired) electrons. The molecule has 3 aromatic rings. The number of aromatic nitrogens is 5. The average molecular weight is 275 g/mol. The van der Waals surface area contributed by atoms with Crippen molar-refractivity contribution in [2.45, 2.75) is 20.3 Å². The van der Waals surface area contributed by atoms with Gasteiger partial charge in [0.1, 0.15) is 0 Å². The number of hydrogen-bond acceptors (Lipinski definition) is 6. The van der Waals surface area contributed by atoms with E-state index in [1.54, 1.807) is 11.7 Å². The summed E-state index contributed by atoms with van der Waals surface area (Å²) in [6.07, 6.45) is 2.34. The second-order valence-electron chi connectivity index (χ2n) is 4.33. The first-order valence-electron chi connectivity index (χ1n) is 5.85. The summed E-state index contributed by atoms with van der Waals surface area (Å²) in [6, 6.07) is 0. The van der Waals surface area contributed by atoms with Crippen molar-refractivity contribution >= 4 is 11.3 Å². The van der Waals surface area contributed by atoms with Crippen LogP contribution >= 0.6 is 11.3 Å². The van der Waals surface area contributed by atoms with Crippen molar-refractivity contribution in [3.8, 4) is 10.7 Å². The van der Waals surface area contributed by atoms with E-state index in [1.165, 1.54) is 11.3 Å². The van der Waals surface area contributed by atoms with Crippen molar-refractivity contribution in [1.29, 1.82) is 0 Å². The Bertz CT molecular complexity index is 698. The maximum Gasteiger partial charge on any atom is 0.231 e. The summed E-state index contributed by atoms with van der Waals surface area (Å²) in [5.41, 5.74) is 5.01. The van der Waals surface area contributed by atoms with E-state index in [1.807, 2.05) is 25.6 Å². The Morgan fingerprint density at radius 2 is 2.21 bits per heavy atom. The summed E-state index contributed by atoms with van der Waals surface area (Å²) >= 11 is 1.49. The van der Waals surface area contributed by atoms with Crippen molar-refractivity contribution in [2.24, 2.45) is 7.05 Å². The highest BCUT2D eigenvalue weighted by Gasteiger charge is 2.15. The number of thiazole rings is 1. The fraction of sp³-hybridized carbons (Fsp3) is 0.333. The lowest BCUT2D eigenvalue weighted by molar-refractivity contribution is 0.385. The summed E-state index contributed by atoms with van der Waals surface area (Å²) in [5, 5.41) is 8.36. The molecule has 3 aromatic heterocycles. The second kappa shape index (κ2) is 4.58. The molecule has 0 saturated heterocycles. The maximum atomic E-state index is 5.29. The Morgan fingerprint density at radius 1 is 1.37 bits per heavy atom. The zero-order valence-electron chi connectivity index (χ0n) is 10.9. The van der Waals surface area contributed by atoms with Crippen LogP contribution in [-0.4, -0.2) is 24.9 Å². The van der Waals surface area contributed by atoms with Gasteiger partial charge in [-0.1, -0.05) is 5.16 Å². The third-order valence-corrected chi connectivity index (χ3v) is 3.88. The SMILES string of the molecule is Cc1nn(C)c(C)c1Cc1nc(-c2cncs2)no1. The van der Waals surface area contributed by atoms with E-state index in [9.17, 15) is 0 Å². The third-order valence-electron chi connectivity index (χ3n) is 3.11. The van der Waals surface area contributed by atoms with Crippen LogP contribution in [0.2, 0.25) is 0 Å². The minimum Gasteiger partial charge on any atom is -0.339 e. The summed E-state index contributed by atoms with van der Waals surface area (Å²) in [5.74, 6) is 1.19. The lowest BCUT2D eigenvalue weighted by Crippen LogP contribution is -1.95. The van der Waals surface area contributed by atoms with Crippen molar-refractivity contribution in [3.63, 3.8) is 0 Å². The highest BCUT2D eigenvalue weighted by Crippen LogP contribution is 2.21. The van der Waals surface area contributed by atoms with E-state index in [0.29, 0.717) is 18.1 Å². The molecule has 3 rings (SSSR count). The van der Waals surface area contributed by atoms with Gasteiger partial charge in [0.2, 0.25) is 11.7 Å². The highest BCUT2D eigenvalue weighted by atomic mass is 32.1. The van der Waals surface area contributed by atoms with Crippen molar-refractivity contribution in [3.05, 3.63) is 34.5 Å². The van der Waals surface area contributed by atoms with Crippen LogP contribution in [0, 0.1) is 13.8 Å². The first kappa shape index (κ1) is 12.0. The highest BCUT2D eigenvalue weighted by molar-refractivity contribution is 7.13. The van der Waals surface area contributed by atoms with Gasteiger partial charge < -0.3 is 4.52 Å². The predicted molar refractivity (Wildman–Crippen MR) is 70.9 cm³/mol. The largest absolute Gasteiger partial charge is 0.339 e. The minimum atomic E-state index is 0.594. The van der Waals surface area contributed by atoms with Gasteiger partial charge in [0.05, 0.1) is 22.5 Å². The number of hydrogen-bond donors (Lipinski definition) is 0. The topological polar surface area (TPSA) is 69.6 Å². The van der Waals surface area contributed by atoms with Crippen LogP contribution in [0.15, 0.2) is 16.2 Å². The lowest BCUT2D eigenvalue weighted by Gasteiger charge is -1.97. The van der Waals surface area contributed by atoms with Crippen LogP contribution in [0.5, 0.6) is 0 Å². The van der Waals surface area contributed by atoms with Gasteiger partial charge in [-0.15, -0.1) is 11.3 Å². The summed E-state index contributed by atoms with van der Waals surface area (Å²) < 4.78 is 7.16. The Labute approximate surface area is 114 Å². The lowest BCUT2D eigenvalue weighted by atomic mass is 10.1. The van der Waals surface area contributed by atoms with E-state index >= 15 is 0 Å². The standard InChI is InChI=1S/C12H13N5OS/c1-7-9(8(2)17(3)15-7)4-11-14-12(16-18-11)10-5-13-6-19-10/h5-6H,4H2,1-3H3. The van der Waals surface area contributed by atoms with Crippen molar-refractivity contribution in [1.82, 2.24) is 24.9 Å². The average Bonchev–Trinajstić information content (AvgIpc) is 3.08. The predicted octanol–water partition coefficient (Wildman–Crippen LogP) is 2.13. The first-order chi connectivity index (χ1) is 9.15. The molecule has 0 amide bonds. The van der Waals surface area contributed by atoms with E-state index in [4.69, 9.17) is 4.52 Å². The fourth-order valence-corrected chi connectivity index (χ4v) is 2.52. The molecule has 0 unspecified atom stereocenters. The van der Waals surface area contributed by atoms with Crippen LogP contribution in [0.25, 0.3) is 10.7 Å². The molecule has 3 heterocycles. The number of rotatable bonds is 3. The van der Waals surface area contributed by atoms with Gasteiger partial charge in [-0.3, -0.25) is 9.67 Å². The molecule has 0 bridgehead atoms. The van der Waals surface area contributed by atoms with Crippen LogP contribution < -0.4 is 0 Å². The Morgan fingerprint density at radius 3 is 2.84 bits per heavy atom. The van der Waals surface area contributed by atoms with Crippen molar-refractivity contribution in [2.75, 3.05) is 0 Å². The zero-order valence-corrected chi connectivity index (χ0v) is 11.7. The second-order valence-corrected chi connectivity index (χ2v) is 5.21. The Balaban J connectivity index is 1.88. The Hall–Kier alpha value is -2.02. The molecular weight excluding hydrogens is 262 g/mol. The molecule has 6 nitrogen and oxygen atoms in total. The molecule has 19 heavy (non-hydrogen) atoms. The summed E-state index contributed by atoms with van der Waals surface area (Å²) in [6.45, 7) is 4.03. The molecule has 0 aliphatic rings. The van der Waals surface area contributed by atoms with Gasteiger partial charge in [-0.2, -0.15) is 10.1 Å². The molecule has 0 fully saturated rings. The molecule has 7 heteroatoms.